The predicted octanol–water partition coefficient (Wildman–Crippen LogP) is 3.03. The van der Waals surface area contributed by atoms with Crippen LogP contribution in [0, 0.1) is 7.14 Å². The van der Waals surface area contributed by atoms with Gasteiger partial charge in [0.25, 0.3) is 5.91 Å². The Labute approximate surface area is 175 Å². The highest BCUT2D eigenvalue weighted by atomic mass is 127. The molecule has 1 aromatic carbocycles. The van der Waals surface area contributed by atoms with Gasteiger partial charge in [0.05, 0.1) is 14.4 Å². The highest BCUT2D eigenvalue weighted by molar-refractivity contribution is 14.1. The topological polar surface area (TPSA) is 91.3 Å². The Morgan fingerprint density at radius 1 is 1.28 bits per heavy atom. The van der Waals surface area contributed by atoms with E-state index in [9.17, 15) is 9.00 Å². The first kappa shape index (κ1) is 20.3. The maximum Gasteiger partial charge on any atom is 0.267 e. The van der Waals surface area contributed by atoms with Crippen molar-refractivity contribution in [2.75, 3.05) is 17.6 Å². The molecule has 0 fully saturated rings. The molecule has 2 aromatic rings. The number of anilines is 1. The third kappa shape index (κ3) is 6.64. The molecule has 1 heterocycles. The van der Waals surface area contributed by atoms with Gasteiger partial charge in [-0.2, -0.15) is 0 Å². The molecule has 3 N–H and O–H groups in total. The number of hydrogen-bond donors (Lipinski definition) is 3. The van der Waals surface area contributed by atoms with Crippen molar-refractivity contribution in [1.82, 2.24) is 10.5 Å². The molecule has 0 aliphatic heterocycles. The maximum atomic E-state index is 12.2. The second-order valence-corrected chi connectivity index (χ2v) is 8.82. The average molecular weight is 583 g/mol. The number of hydrogen-bond acceptors (Lipinski definition) is 5. The Morgan fingerprint density at radius 3 is 2.64 bits per heavy atom. The molecule has 1 aromatic heterocycles. The average Bonchev–Trinajstić information content (AvgIpc) is 2.61. The predicted molar refractivity (Wildman–Crippen MR) is 115 cm³/mol. The third-order valence-electron chi connectivity index (χ3n) is 3.06. The first-order chi connectivity index (χ1) is 12.0. The van der Waals surface area contributed by atoms with E-state index in [1.165, 1.54) is 11.6 Å². The van der Waals surface area contributed by atoms with Crippen molar-refractivity contribution in [3.63, 3.8) is 0 Å². The van der Waals surface area contributed by atoms with Crippen molar-refractivity contribution in [2.45, 2.75) is 4.90 Å². The molecular weight excluding hydrogens is 568 g/mol. The second-order valence-electron chi connectivity index (χ2n) is 4.84. The van der Waals surface area contributed by atoms with Gasteiger partial charge in [0.1, 0.15) is 5.82 Å². The van der Waals surface area contributed by atoms with E-state index in [1.54, 1.807) is 12.3 Å². The Bertz CT molecular complexity index is 798. The van der Waals surface area contributed by atoms with Crippen LogP contribution >= 0.6 is 45.2 Å². The van der Waals surface area contributed by atoms with E-state index in [-0.39, 0.29) is 0 Å². The van der Waals surface area contributed by atoms with E-state index in [2.05, 4.69) is 55.5 Å². The SMILES string of the molecule is O=C(/C=C/c1cnc(NCCS(=O)c2ccc(I)cc2)c(I)c1)NO. The minimum atomic E-state index is -1.06. The second kappa shape index (κ2) is 10.2. The molecule has 9 heteroatoms. The number of carbonyl (C=O) groups is 1. The summed E-state index contributed by atoms with van der Waals surface area (Å²) in [5.74, 6) is 0.579. The van der Waals surface area contributed by atoms with Gasteiger partial charge in [0.2, 0.25) is 0 Å². The zero-order chi connectivity index (χ0) is 18.2. The molecule has 0 saturated heterocycles. The molecule has 0 spiro atoms. The van der Waals surface area contributed by atoms with E-state index in [0.29, 0.717) is 18.1 Å². The van der Waals surface area contributed by atoms with Gasteiger partial charge in [0, 0.05) is 33.0 Å². The lowest BCUT2D eigenvalue weighted by atomic mass is 10.2. The normalized spacial score (nSPS) is 12.1. The third-order valence-corrected chi connectivity index (χ3v) is 5.97. The number of amides is 1. The van der Waals surface area contributed by atoms with Crippen LogP contribution in [-0.2, 0) is 15.6 Å². The Kier molecular flexibility index (Phi) is 8.26. The zero-order valence-electron chi connectivity index (χ0n) is 12.9. The van der Waals surface area contributed by atoms with Gasteiger partial charge in [-0.3, -0.25) is 14.2 Å². The summed E-state index contributed by atoms with van der Waals surface area (Å²) in [7, 11) is -1.06. The van der Waals surface area contributed by atoms with Crippen molar-refractivity contribution >= 4 is 73.8 Å². The summed E-state index contributed by atoms with van der Waals surface area (Å²) in [6.45, 7) is 0.531. The number of hydroxylamine groups is 1. The molecular formula is C16H15I2N3O3S. The Hall–Kier alpha value is -1.05. The summed E-state index contributed by atoms with van der Waals surface area (Å²) in [6, 6.07) is 9.49. The number of carbonyl (C=O) groups excluding carboxylic acids is 1. The largest absolute Gasteiger partial charge is 0.368 e. The molecule has 0 bridgehead atoms. The van der Waals surface area contributed by atoms with Gasteiger partial charge in [-0.05, 0) is 87.2 Å². The number of pyridine rings is 1. The number of benzene rings is 1. The lowest BCUT2D eigenvalue weighted by Gasteiger charge is -2.08. The van der Waals surface area contributed by atoms with E-state index in [1.807, 2.05) is 30.3 Å². The first-order valence-electron chi connectivity index (χ1n) is 7.15. The number of nitrogens with zero attached hydrogens (tertiary/aromatic N) is 1. The van der Waals surface area contributed by atoms with Crippen molar-refractivity contribution in [2.24, 2.45) is 0 Å². The molecule has 1 atom stereocenters. The molecule has 1 unspecified atom stereocenters. The van der Waals surface area contributed by atoms with Gasteiger partial charge in [-0.25, -0.2) is 10.5 Å². The summed E-state index contributed by atoms with van der Waals surface area (Å²) in [6.07, 6.45) is 4.38. The van der Waals surface area contributed by atoms with Crippen molar-refractivity contribution in [3.8, 4) is 0 Å². The van der Waals surface area contributed by atoms with Crippen LogP contribution in [0.3, 0.4) is 0 Å². The number of rotatable bonds is 7. The van der Waals surface area contributed by atoms with Crippen LogP contribution in [-0.4, -0.2) is 32.6 Å². The van der Waals surface area contributed by atoms with Gasteiger partial charge >= 0.3 is 0 Å². The van der Waals surface area contributed by atoms with Crippen LogP contribution in [0.5, 0.6) is 0 Å². The summed E-state index contributed by atoms with van der Waals surface area (Å²) < 4.78 is 14.2. The smallest absolute Gasteiger partial charge is 0.267 e. The van der Waals surface area contributed by atoms with E-state index >= 15 is 0 Å². The van der Waals surface area contributed by atoms with E-state index < -0.39 is 16.7 Å². The first-order valence-corrected chi connectivity index (χ1v) is 10.6. The van der Waals surface area contributed by atoms with E-state index in [4.69, 9.17) is 5.21 Å². The fourth-order valence-corrected chi connectivity index (χ4v) is 3.86. The highest BCUT2D eigenvalue weighted by Crippen LogP contribution is 2.17. The molecule has 0 aliphatic carbocycles. The van der Waals surface area contributed by atoms with Crippen molar-refractivity contribution in [3.05, 3.63) is 55.3 Å². The molecule has 0 saturated carbocycles. The van der Waals surface area contributed by atoms with Crippen molar-refractivity contribution < 1.29 is 14.2 Å². The molecule has 25 heavy (non-hydrogen) atoms. The van der Waals surface area contributed by atoms with Gasteiger partial charge in [-0.15, -0.1) is 0 Å². The van der Waals surface area contributed by atoms with Crippen LogP contribution in [0.1, 0.15) is 5.56 Å². The summed E-state index contributed by atoms with van der Waals surface area (Å²) in [4.78, 5) is 16.1. The minimum Gasteiger partial charge on any atom is -0.368 e. The fraction of sp³-hybridized carbons (Fsp3) is 0.125. The zero-order valence-corrected chi connectivity index (χ0v) is 18.0. The summed E-state index contributed by atoms with van der Waals surface area (Å²) in [5.41, 5.74) is 2.26. The van der Waals surface area contributed by atoms with Crippen LogP contribution in [0.15, 0.2) is 47.5 Å². The fourth-order valence-electron chi connectivity index (χ4n) is 1.85. The summed E-state index contributed by atoms with van der Waals surface area (Å²) >= 11 is 4.35. The van der Waals surface area contributed by atoms with Crippen LogP contribution in [0.2, 0.25) is 0 Å². The summed E-state index contributed by atoms with van der Waals surface area (Å²) in [5, 5.41) is 11.6. The molecule has 0 aliphatic rings. The van der Waals surface area contributed by atoms with Gasteiger partial charge in [0.15, 0.2) is 0 Å². The standard InChI is InChI=1S/C16H15I2N3O3S/c17-12-2-4-13(5-3-12)25(24)8-7-19-16-14(18)9-11(10-20-16)1-6-15(22)21-23/h1-6,9-10,23H,7-8H2,(H,19,20)(H,21,22)/b6-1+. The molecule has 0 radical (unpaired) electrons. The Balaban J connectivity index is 1.90. The molecule has 6 nitrogen and oxygen atoms in total. The minimum absolute atomic E-state index is 0.483. The number of aromatic nitrogens is 1. The quantitative estimate of drug-likeness (QED) is 0.202. The lowest BCUT2D eigenvalue weighted by Crippen LogP contribution is -2.14. The van der Waals surface area contributed by atoms with Gasteiger partial charge in [-0.1, -0.05) is 0 Å². The number of nitrogens with one attached hydrogen (secondary N) is 2. The maximum absolute atomic E-state index is 12.2. The highest BCUT2D eigenvalue weighted by Gasteiger charge is 2.06. The molecule has 132 valence electrons. The van der Waals surface area contributed by atoms with Gasteiger partial charge < -0.3 is 5.32 Å². The molecule has 2 rings (SSSR count). The Morgan fingerprint density at radius 2 is 2.00 bits per heavy atom. The van der Waals surface area contributed by atoms with Crippen LogP contribution in [0.25, 0.3) is 6.08 Å². The molecule has 1 amide bonds. The monoisotopic (exact) mass is 583 g/mol. The van der Waals surface area contributed by atoms with E-state index in [0.717, 1.165) is 17.6 Å². The van der Waals surface area contributed by atoms with Crippen LogP contribution < -0.4 is 10.8 Å². The van der Waals surface area contributed by atoms with Crippen molar-refractivity contribution in [1.29, 1.82) is 0 Å². The van der Waals surface area contributed by atoms with Crippen LogP contribution in [0.4, 0.5) is 5.82 Å². The lowest BCUT2D eigenvalue weighted by molar-refractivity contribution is -0.124. The number of halogens is 2.